The molecule has 0 aromatic carbocycles. The molecule has 0 saturated heterocycles. The third kappa shape index (κ3) is 2690. The van der Waals surface area contributed by atoms with Gasteiger partial charge in [-0.3, -0.25) is 0 Å². The second-order valence-corrected chi connectivity index (χ2v) is 0. The Labute approximate surface area is 598 Å². The van der Waals surface area contributed by atoms with Crippen molar-refractivity contribution in [1.29, 1.82) is 0 Å². The Morgan fingerprint density at radius 3 is 0.0333 bits per heavy atom. The van der Waals surface area contributed by atoms with Gasteiger partial charge in [-0.15, -0.1) is 0 Å². The molecule has 0 aromatic heterocycles. The van der Waals surface area contributed by atoms with Crippen LogP contribution in [-0.2, 0) is 609 Å². The fraction of sp³-hybridized carbons (Fsp3) is 0. The van der Waals surface area contributed by atoms with Crippen molar-refractivity contribution in [3.8, 4) is 0 Å². The topological polar surface area (TPSA) is 1140 Å². The first-order valence-electron chi connectivity index (χ1n) is 0. The third-order valence-corrected chi connectivity index (χ3v) is 0. The van der Waals surface area contributed by atoms with E-state index in [4.69, 9.17) is 0 Å². The molecule has 0 radical (unpaired) electrons. The molecular formula is O40Zn20-40. The zero-order valence-corrected chi connectivity index (χ0v) is 89.8. The van der Waals surface area contributed by atoms with Crippen molar-refractivity contribution >= 4 is 0 Å². The molecule has 60 heavy (non-hydrogen) atoms. The zero-order valence-electron chi connectivity index (χ0n) is 30.5. The van der Waals surface area contributed by atoms with Crippen LogP contribution in [0.25, 0.3) is 0 Å². The van der Waals surface area contributed by atoms with Crippen LogP contribution in [-0.4, -0.2) is 0 Å². The maximum Gasteiger partial charge on any atom is 2.00 e. The van der Waals surface area contributed by atoms with Crippen LogP contribution in [0.1, 0.15) is 0 Å². The SMILES string of the molecule is [O-2].[O-2].[O-2].[O-2].[O-2].[O-2].[O-2].[O-2].[O-2].[O-2].[O-2].[O-2].[O-2].[O-2].[O-2].[O-2].[O-2].[O-2].[O-2].[O-2].[O-2].[O-2].[O-2].[O-2].[O-2].[O-2].[O-2].[O-2].[O-2].[O-2].[O-2].[O-2].[O-2].[O-2].[O-2].[O-2].[O-2].[O-2].[O-2].[O-2].[Zn+2].[Zn+2].[Zn+2].[Zn+2].[Zn+2].[Zn+2].[Zn+2].[Zn+2].[Zn+2].[Zn+2].[Zn+2].[Zn+2].[Zn+2].[Zn+2].[Zn+2].[Zn+2].[Zn+2].[Zn+2].[Zn+2].[Zn+2]. The molecule has 0 N–H and O–H groups in total. The van der Waals surface area contributed by atoms with E-state index < -0.39 is 0 Å². The van der Waals surface area contributed by atoms with Crippen LogP contribution in [0.4, 0.5) is 0 Å². The van der Waals surface area contributed by atoms with Crippen LogP contribution in [0.3, 0.4) is 0 Å². The molecule has 0 aliphatic heterocycles. The molecule has 320 valence electrons. The minimum Gasteiger partial charge on any atom is -2.00 e. The Balaban J connectivity index is 0. The molecule has 60 heteroatoms. The standard InChI is InChI=1S/40O.20Zn/q40*-2;20*+2. The quantitative estimate of drug-likeness (QED) is 0.206. The molecule has 0 unspecified atom stereocenters. The summed E-state index contributed by atoms with van der Waals surface area (Å²) >= 11 is 0. The molecule has 0 heterocycles. The first-order chi connectivity index (χ1) is 0. The van der Waals surface area contributed by atoms with Gasteiger partial charge in [0.15, 0.2) is 0 Å². The Bertz CT molecular complexity index is 55.1. The molecule has 0 aliphatic rings. The molecule has 0 fully saturated rings. The maximum atomic E-state index is 0. The Hall–Kier alpha value is 10.9. The second kappa shape index (κ2) is 2810. The van der Waals surface area contributed by atoms with E-state index in [0.29, 0.717) is 0 Å². The second-order valence-electron chi connectivity index (χ2n) is 0. The Morgan fingerprint density at radius 2 is 0.0333 bits per heavy atom. The van der Waals surface area contributed by atoms with Crippen molar-refractivity contribution in [1.82, 2.24) is 0 Å². The van der Waals surface area contributed by atoms with Crippen LogP contribution in [0.5, 0.6) is 0 Å². The minimum absolute atomic E-state index is 0. The summed E-state index contributed by atoms with van der Waals surface area (Å²) in [6, 6.07) is 0. The van der Waals surface area contributed by atoms with Crippen LogP contribution < -0.4 is 0 Å². The van der Waals surface area contributed by atoms with Crippen molar-refractivity contribution in [2.45, 2.75) is 0 Å². The molecular weight excluding hydrogens is 1950 g/mol. The monoisotopic (exact) mass is 1920 g/mol. The summed E-state index contributed by atoms with van der Waals surface area (Å²) in [5.41, 5.74) is 0. The average molecular weight is 1950 g/mol. The van der Waals surface area contributed by atoms with Crippen molar-refractivity contribution < 1.29 is 609 Å². The molecule has 0 bridgehead atoms. The summed E-state index contributed by atoms with van der Waals surface area (Å²) in [5, 5.41) is 0. The van der Waals surface area contributed by atoms with Crippen molar-refractivity contribution in [2.75, 3.05) is 0 Å². The van der Waals surface area contributed by atoms with Crippen molar-refractivity contribution in [2.24, 2.45) is 0 Å². The van der Waals surface area contributed by atoms with Crippen LogP contribution >= 0.6 is 0 Å². The predicted octanol–water partition coefficient (Wildman–Crippen LogP) is -4.80. The van der Waals surface area contributed by atoms with Crippen LogP contribution in [0.15, 0.2) is 0 Å². The van der Waals surface area contributed by atoms with Gasteiger partial charge in [0.25, 0.3) is 0 Å². The van der Waals surface area contributed by atoms with E-state index in [1.54, 1.807) is 0 Å². The van der Waals surface area contributed by atoms with Gasteiger partial charge in [0.1, 0.15) is 0 Å². The van der Waals surface area contributed by atoms with Crippen molar-refractivity contribution in [3.63, 3.8) is 0 Å². The van der Waals surface area contributed by atoms with E-state index in [1.807, 2.05) is 0 Å². The maximum absolute atomic E-state index is 0. The zero-order chi connectivity index (χ0) is 0. The van der Waals surface area contributed by atoms with Gasteiger partial charge in [0.05, 0.1) is 0 Å². The van der Waals surface area contributed by atoms with Gasteiger partial charge >= 0.3 is 390 Å². The third-order valence-electron chi connectivity index (χ3n) is 0. The van der Waals surface area contributed by atoms with Gasteiger partial charge in [-0.2, -0.15) is 0 Å². The summed E-state index contributed by atoms with van der Waals surface area (Å²) in [7, 11) is 0. The molecule has 0 amide bonds. The Morgan fingerprint density at radius 1 is 0.0333 bits per heavy atom. The van der Waals surface area contributed by atoms with E-state index in [1.165, 1.54) is 0 Å². The summed E-state index contributed by atoms with van der Waals surface area (Å²) in [5.74, 6) is 0. The first-order valence-corrected chi connectivity index (χ1v) is 0. The molecule has 0 spiro atoms. The molecule has 0 saturated carbocycles. The number of hydrogen-bond donors (Lipinski definition) is 0. The molecule has 40 nitrogen and oxygen atoms in total. The van der Waals surface area contributed by atoms with Gasteiger partial charge in [-0.05, 0) is 0 Å². The van der Waals surface area contributed by atoms with E-state index in [0.717, 1.165) is 0 Å². The summed E-state index contributed by atoms with van der Waals surface area (Å²) in [6.07, 6.45) is 0. The van der Waals surface area contributed by atoms with Crippen LogP contribution in [0, 0.1) is 0 Å². The minimum atomic E-state index is 0. The largest absolute Gasteiger partial charge is 2.00 e. The molecule has 0 rings (SSSR count). The smallest absolute Gasteiger partial charge is 2.00 e. The fourth-order valence-corrected chi connectivity index (χ4v) is 0. The van der Waals surface area contributed by atoms with Gasteiger partial charge in [-0.1, -0.05) is 0 Å². The number of rotatable bonds is 0. The van der Waals surface area contributed by atoms with Crippen molar-refractivity contribution in [3.05, 3.63) is 0 Å². The summed E-state index contributed by atoms with van der Waals surface area (Å²) in [4.78, 5) is 0. The first kappa shape index (κ1) is 2930. The summed E-state index contributed by atoms with van der Waals surface area (Å²) in [6.45, 7) is 0. The normalized spacial score (nSPS) is 0. The summed E-state index contributed by atoms with van der Waals surface area (Å²) < 4.78 is 0. The molecule has 0 atom stereocenters. The number of hydrogen-bond acceptors (Lipinski definition) is 0. The van der Waals surface area contributed by atoms with Gasteiger partial charge < -0.3 is 219 Å². The Kier molecular flexibility index (Phi) is 137000. The van der Waals surface area contributed by atoms with E-state index in [-0.39, 0.29) is 609 Å². The molecule has 0 aromatic rings. The van der Waals surface area contributed by atoms with Crippen LogP contribution in [0.2, 0.25) is 0 Å². The predicted molar refractivity (Wildman–Crippen MR) is 27.5 cm³/mol. The van der Waals surface area contributed by atoms with Gasteiger partial charge in [0.2, 0.25) is 0 Å². The van der Waals surface area contributed by atoms with Gasteiger partial charge in [0, 0.05) is 0 Å². The average Bonchev–Trinajstić information content (AvgIpc) is 0. The fourth-order valence-electron chi connectivity index (χ4n) is 0. The molecule has 0 aliphatic carbocycles. The van der Waals surface area contributed by atoms with E-state index in [2.05, 4.69) is 0 Å². The van der Waals surface area contributed by atoms with Gasteiger partial charge in [-0.25, -0.2) is 0 Å². The van der Waals surface area contributed by atoms with E-state index in [9.17, 15) is 0 Å². The van der Waals surface area contributed by atoms with E-state index >= 15 is 0 Å².